The number of carbonyl (C=O) groups is 2. The molecule has 0 bridgehead atoms. The van der Waals surface area contributed by atoms with Crippen molar-refractivity contribution in [3.05, 3.63) is 70.5 Å². The van der Waals surface area contributed by atoms with Crippen molar-refractivity contribution in [2.45, 2.75) is 25.8 Å². The Balaban J connectivity index is 1.96. The van der Waals surface area contributed by atoms with Crippen molar-refractivity contribution in [3.63, 3.8) is 0 Å². The molecule has 25 heavy (non-hydrogen) atoms. The molecule has 4 nitrogen and oxygen atoms in total. The number of rotatable bonds is 7. The number of carbonyl (C=O) groups excluding carboxylic acids is 2. The molecule has 0 radical (unpaired) electrons. The lowest BCUT2D eigenvalue weighted by atomic mass is 10.0. The van der Waals surface area contributed by atoms with E-state index in [1.54, 1.807) is 0 Å². The van der Waals surface area contributed by atoms with Gasteiger partial charge in [-0.3, -0.25) is 4.79 Å². The van der Waals surface area contributed by atoms with Gasteiger partial charge in [0.05, 0.1) is 11.1 Å². The first-order chi connectivity index (χ1) is 12.0. The van der Waals surface area contributed by atoms with Crippen LogP contribution >= 0.6 is 11.6 Å². The van der Waals surface area contributed by atoms with E-state index in [0.29, 0.717) is 0 Å². The summed E-state index contributed by atoms with van der Waals surface area (Å²) in [5.41, 5.74) is 0.603. The van der Waals surface area contributed by atoms with E-state index in [1.165, 1.54) is 12.1 Å². The van der Waals surface area contributed by atoms with Crippen molar-refractivity contribution in [1.82, 2.24) is 5.32 Å². The molecule has 0 unspecified atom stereocenters. The number of nitrogens with one attached hydrogen (secondary N) is 1. The normalized spacial score (nSPS) is 11.6. The van der Waals surface area contributed by atoms with Gasteiger partial charge in [-0.25, -0.2) is 9.18 Å². The zero-order valence-corrected chi connectivity index (χ0v) is 14.6. The second-order valence-electron chi connectivity index (χ2n) is 5.49. The molecule has 2 aromatic rings. The highest BCUT2D eigenvalue weighted by Gasteiger charge is 2.19. The average molecular weight is 364 g/mol. The summed E-state index contributed by atoms with van der Waals surface area (Å²) in [7, 11) is 0. The topological polar surface area (TPSA) is 55.4 Å². The third-order valence-corrected chi connectivity index (χ3v) is 3.93. The molecule has 0 aromatic heterocycles. The van der Waals surface area contributed by atoms with Crippen LogP contribution < -0.4 is 5.32 Å². The molecule has 2 rings (SSSR count). The zero-order valence-electron chi connectivity index (χ0n) is 13.8. The third kappa shape index (κ3) is 5.29. The van der Waals surface area contributed by atoms with Crippen LogP contribution in [-0.2, 0) is 9.53 Å². The molecule has 0 aliphatic heterocycles. The molecule has 0 fully saturated rings. The van der Waals surface area contributed by atoms with E-state index in [1.807, 2.05) is 37.3 Å². The summed E-state index contributed by atoms with van der Waals surface area (Å²) in [6.45, 7) is 1.51. The summed E-state index contributed by atoms with van der Waals surface area (Å²) in [6, 6.07) is 13.2. The highest BCUT2D eigenvalue weighted by atomic mass is 35.5. The fourth-order valence-electron chi connectivity index (χ4n) is 2.43. The van der Waals surface area contributed by atoms with Gasteiger partial charge in [0.2, 0.25) is 0 Å². The number of amides is 1. The van der Waals surface area contributed by atoms with Gasteiger partial charge in [0.1, 0.15) is 11.4 Å². The lowest BCUT2D eigenvalue weighted by Crippen LogP contribution is -2.32. The highest BCUT2D eigenvalue weighted by Crippen LogP contribution is 2.20. The fourth-order valence-corrected chi connectivity index (χ4v) is 2.67. The van der Waals surface area contributed by atoms with Gasteiger partial charge in [0.25, 0.3) is 5.91 Å². The molecule has 1 N–H and O–H groups in total. The number of hydrogen-bond acceptors (Lipinski definition) is 3. The van der Waals surface area contributed by atoms with Crippen LogP contribution in [0, 0.1) is 5.82 Å². The van der Waals surface area contributed by atoms with Crippen LogP contribution in [0.5, 0.6) is 0 Å². The Hall–Kier alpha value is -2.40. The molecule has 0 aliphatic rings. The molecule has 1 atom stereocenters. The van der Waals surface area contributed by atoms with E-state index in [0.717, 1.165) is 24.5 Å². The first kappa shape index (κ1) is 18.9. The van der Waals surface area contributed by atoms with Crippen molar-refractivity contribution in [2.75, 3.05) is 6.61 Å². The summed E-state index contributed by atoms with van der Waals surface area (Å²) < 4.78 is 18.6. The lowest BCUT2D eigenvalue weighted by Gasteiger charge is -2.18. The molecule has 1 amide bonds. The molecule has 0 spiro atoms. The Morgan fingerprint density at radius 3 is 2.52 bits per heavy atom. The molecule has 0 saturated heterocycles. The predicted octanol–water partition coefficient (Wildman–Crippen LogP) is 4.29. The molecule has 2 aromatic carbocycles. The molecule has 6 heteroatoms. The molecule has 0 heterocycles. The van der Waals surface area contributed by atoms with Crippen molar-refractivity contribution in [1.29, 1.82) is 0 Å². The summed E-state index contributed by atoms with van der Waals surface area (Å²) in [5, 5.41) is 2.77. The van der Waals surface area contributed by atoms with Crippen LogP contribution in [0.1, 0.15) is 41.7 Å². The van der Waals surface area contributed by atoms with Crippen LogP contribution in [0.2, 0.25) is 5.02 Å². The maximum Gasteiger partial charge on any atom is 0.343 e. The molecule has 0 saturated carbocycles. The molecular formula is C19H19ClFNO3. The summed E-state index contributed by atoms with van der Waals surface area (Å²) in [4.78, 5) is 24.0. The van der Waals surface area contributed by atoms with Crippen molar-refractivity contribution < 1.29 is 18.7 Å². The van der Waals surface area contributed by atoms with Crippen molar-refractivity contribution in [2.24, 2.45) is 0 Å². The van der Waals surface area contributed by atoms with Crippen LogP contribution in [-0.4, -0.2) is 18.5 Å². The summed E-state index contributed by atoms with van der Waals surface area (Å²) >= 11 is 5.80. The summed E-state index contributed by atoms with van der Waals surface area (Å²) in [6.07, 6.45) is 1.63. The SMILES string of the molecule is CCC[C@@H](NC(=O)COC(=O)c1c(F)cccc1Cl)c1ccccc1. The minimum Gasteiger partial charge on any atom is -0.452 e. The second kappa shape index (κ2) is 9.18. The lowest BCUT2D eigenvalue weighted by molar-refractivity contribution is -0.125. The van der Waals surface area contributed by atoms with E-state index in [4.69, 9.17) is 16.3 Å². The van der Waals surface area contributed by atoms with E-state index >= 15 is 0 Å². The molecule has 132 valence electrons. The van der Waals surface area contributed by atoms with Gasteiger partial charge >= 0.3 is 5.97 Å². The quantitative estimate of drug-likeness (QED) is 0.746. The van der Waals surface area contributed by atoms with Gasteiger partial charge in [-0.2, -0.15) is 0 Å². The van der Waals surface area contributed by atoms with Gasteiger partial charge in [-0.05, 0) is 24.1 Å². The van der Waals surface area contributed by atoms with Crippen molar-refractivity contribution in [3.8, 4) is 0 Å². The van der Waals surface area contributed by atoms with Gasteiger partial charge in [0.15, 0.2) is 6.61 Å². The largest absolute Gasteiger partial charge is 0.452 e. The van der Waals surface area contributed by atoms with Crippen LogP contribution in [0.25, 0.3) is 0 Å². The number of ether oxygens (including phenoxy) is 1. The molecular weight excluding hydrogens is 345 g/mol. The predicted molar refractivity (Wildman–Crippen MR) is 93.9 cm³/mol. The Morgan fingerprint density at radius 1 is 1.16 bits per heavy atom. The minimum atomic E-state index is -0.968. The maximum absolute atomic E-state index is 13.7. The van der Waals surface area contributed by atoms with E-state index < -0.39 is 24.3 Å². The van der Waals surface area contributed by atoms with E-state index in [-0.39, 0.29) is 16.6 Å². The van der Waals surface area contributed by atoms with Crippen LogP contribution in [0.4, 0.5) is 4.39 Å². The monoisotopic (exact) mass is 363 g/mol. The number of esters is 1. The van der Waals surface area contributed by atoms with Gasteiger partial charge in [0, 0.05) is 0 Å². The first-order valence-electron chi connectivity index (χ1n) is 7.98. The van der Waals surface area contributed by atoms with Gasteiger partial charge < -0.3 is 10.1 Å². The second-order valence-corrected chi connectivity index (χ2v) is 5.90. The van der Waals surface area contributed by atoms with Crippen LogP contribution in [0.15, 0.2) is 48.5 Å². The Kier molecular flexibility index (Phi) is 6.95. The number of halogens is 2. The fraction of sp³-hybridized carbons (Fsp3) is 0.263. The first-order valence-corrected chi connectivity index (χ1v) is 8.36. The highest BCUT2D eigenvalue weighted by molar-refractivity contribution is 6.33. The minimum absolute atomic E-state index is 0.0569. The average Bonchev–Trinajstić information content (AvgIpc) is 2.60. The maximum atomic E-state index is 13.7. The number of hydrogen-bond donors (Lipinski definition) is 1. The van der Waals surface area contributed by atoms with Gasteiger partial charge in [-0.1, -0.05) is 61.3 Å². The van der Waals surface area contributed by atoms with Crippen molar-refractivity contribution >= 4 is 23.5 Å². The van der Waals surface area contributed by atoms with E-state index in [9.17, 15) is 14.0 Å². The Morgan fingerprint density at radius 2 is 1.88 bits per heavy atom. The Bertz CT molecular complexity index is 716. The third-order valence-electron chi connectivity index (χ3n) is 3.62. The van der Waals surface area contributed by atoms with E-state index in [2.05, 4.69) is 5.32 Å². The summed E-state index contributed by atoms with van der Waals surface area (Å²) in [5.74, 6) is -2.21. The molecule has 0 aliphatic carbocycles. The van der Waals surface area contributed by atoms with Gasteiger partial charge in [-0.15, -0.1) is 0 Å². The Labute approximate surface area is 150 Å². The zero-order chi connectivity index (χ0) is 18.2. The standard InChI is InChI=1S/C19H19ClFNO3/c1-2-7-16(13-8-4-3-5-9-13)22-17(23)12-25-19(24)18-14(20)10-6-11-15(18)21/h3-6,8-11,16H,2,7,12H2,1H3,(H,22,23)/t16-/m1/s1. The number of benzene rings is 2. The van der Waals surface area contributed by atoms with Crippen LogP contribution in [0.3, 0.4) is 0 Å². The smallest absolute Gasteiger partial charge is 0.343 e.